The lowest BCUT2D eigenvalue weighted by molar-refractivity contribution is 0.409. The normalized spacial score (nSPS) is 24.7. The summed E-state index contributed by atoms with van der Waals surface area (Å²) in [5.74, 6) is 2.55. The van der Waals surface area contributed by atoms with Gasteiger partial charge in [0.25, 0.3) is 0 Å². The molecule has 0 bridgehead atoms. The minimum atomic E-state index is 0.707. The first-order valence-electron chi connectivity index (χ1n) is 5.14. The average molecular weight is 191 g/mol. The monoisotopic (exact) mass is 191 g/mol. The first kappa shape index (κ1) is 9.53. The van der Waals surface area contributed by atoms with Crippen LogP contribution in [-0.2, 0) is 0 Å². The molecule has 0 radical (unpaired) electrons. The summed E-state index contributed by atoms with van der Waals surface area (Å²) in [7, 11) is 3.76. The maximum atomic E-state index is 5.35. The van der Waals surface area contributed by atoms with Crippen molar-refractivity contribution in [3.63, 3.8) is 0 Å². The Morgan fingerprint density at radius 2 is 2.21 bits per heavy atom. The summed E-state index contributed by atoms with van der Waals surface area (Å²) in [4.78, 5) is 0. The van der Waals surface area contributed by atoms with E-state index in [1.807, 2.05) is 19.2 Å². The van der Waals surface area contributed by atoms with Gasteiger partial charge in [-0.1, -0.05) is 18.2 Å². The quantitative estimate of drug-likeness (QED) is 0.786. The highest BCUT2D eigenvalue weighted by Gasteiger charge is 2.38. The number of ether oxygens (including phenoxy) is 1. The van der Waals surface area contributed by atoms with Gasteiger partial charge in [0.1, 0.15) is 5.75 Å². The molecule has 1 aliphatic rings. The molecule has 1 aromatic carbocycles. The molecule has 1 aliphatic carbocycles. The minimum absolute atomic E-state index is 0.707. The van der Waals surface area contributed by atoms with E-state index >= 15 is 0 Å². The van der Waals surface area contributed by atoms with E-state index in [4.69, 9.17) is 4.74 Å². The van der Waals surface area contributed by atoms with Gasteiger partial charge in [-0.25, -0.2) is 0 Å². The summed E-state index contributed by atoms with van der Waals surface area (Å²) in [6.45, 7) is 1.11. The lowest BCUT2D eigenvalue weighted by Gasteiger charge is -2.07. The van der Waals surface area contributed by atoms with Crippen LogP contribution in [0.2, 0.25) is 0 Å². The van der Waals surface area contributed by atoms with Gasteiger partial charge < -0.3 is 10.1 Å². The number of hydrogen-bond acceptors (Lipinski definition) is 2. The number of methoxy groups -OCH3 is 1. The molecular formula is C12H17NO. The van der Waals surface area contributed by atoms with Gasteiger partial charge in [-0.05, 0) is 43.5 Å². The Bertz CT molecular complexity index is 311. The van der Waals surface area contributed by atoms with E-state index in [-0.39, 0.29) is 0 Å². The van der Waals surface area contributed by atoms with E-state index in [0.717, 1.165) is 18.2 Å². The standard InChI is InChI=1S/C12H17NO/c1-13-8-9-7-11(9)10-5-3-4-6-12(10)14-2/h3-6,9,11,13H,7-8H2,1-2H3/t9-,11-/m1/s1. The van der Waals surface area contributed by atoms with Crippen molar-refractivity contribution in [3.8, 4) is 5.75 Å². The Morgan fingerprint density at radius 3 is 2.93 bits per heavy atom. The van der Waals surface area contributed by atoms with Gasteiger partial charge in [0.2, 0.25) is 0 Å². The number of benzene rings is 1. The molecule has 1 N–H and O–H groups in total. The van der Waals surface area contributed by atoms with Crippen LogP contribution >= 0.6 is 0 Å². The largest absolute Gasteiger partial charge is 0.496 e. The maximum Gasteiger partial charge on any atom is 0.122 e. The van der Waals surface area contributed by atoms with E-state index in [0.29, 0.717) is 5.92 Å². The number of hydrogen-bond donors (Lipinski definition) is 1. The Morgan fingerprint density at radius 1 is 1.43 bits per heavy atom. The van der Waals surface area contributed by atoms with E-state index in [1.54, 1.807) is 7.11 Å². The van der Waals surface area contributed by atoms with Crippen LogP contribution in [0.5, 0.6) is 5.75 Å². The van der Waals surface area contributed by atoms with Gasteiger partial charge in [0.15, 0.2) is 0 Å². The van der Waals surface area contributed by atoms with Crippen LogP contribution in [0.3, 0.4) is 0 Å². The van der Waals surface area contributed by atoms with E-state index < -0.39 is 0 Å². The third kappa shape index (κ3) is 1.75. The first-order chi connectivity index (χ1) is 6.86. The highest BCUT2D eigenvalue weighted by Crippen LogP contribution is 2.49. The molecule has 1 aromatic rings. The summed E-state index contributed by atoms with van der Waals surface area (Å²) >= 11 is 0. The third-order valence-electron chi connectivity index (χ3n) is 2.93. The highest BCUT2D eigenvalue weighted by atomic mass is 16.5. The SMILES string of the molecule is CNC[C@H]1C[C@H]1c1ccccc1OC. The summed E-state index contributed by atoms with van der Waals surface area (Å²) in [6, 6.07) is 8.34. The van der Waals surface area contributed by atoms with Crippen molar-refractivity contribution in [1.82, 2.24) is 5.32 Å². The van der Waals surface area contributed by atoms with Crippen molar-refractivity contribution >= 4 is 0 Å². The fraction of sp³-hybridized carbons (Fsp3) is 0.500. The molecular weight excluding hydrogens is 174 g/mol. The van der Waals surface area contributed by atoms with E-state index in [9.17, 15) is 0 Å². The van der Waals surface area contributed by atoms with Gasteiger partial charge in [-0.15, -0.1) is 0 Å². The second kappa shape index (κ2) is 4.01. The average Bonchev–Trinajstić information content (AvgIpc) is 2.98. The molecule has 2 nitrogen and oxygen atoms in total. The molecule has 0 aromatic heterocycles. The Balaban J connectivity index is 2.10. The number of para-hydroxylation sites is 1. The molecule has 1 saturated carbocycles. The Labute approximate surface area is 85.3 Å². The predicted octanol–water partition coefficient (Wildman–Crippen LogP) is 2.02. The van der Waals surface area contributed by atoms with E-state index in [1.165, 1.54) is 12.0 Å². The van der Waals surface area contributed by atoms with Crippen molar-refractivity contribution in [3.05, 3.63) is 29.8 Å². The van der Waals surface area contributed by atoms with Crippen LogP contribution in [-0.4, -0.2) is 20.7 Å². The lowest BCUT2D eigenvalue weighted by atomic mass is 10.1. The predicted molar refractivity (Wildman–Crippen MR) is 57.8 cm³/mol. The van der Waals surface area contributed by atoms with Gasteiger partial charge in [0.05, 0.1) is 7.11 Å². The summed E-state index contributed by atoms with van der Waals surface area (Å²) < 4.78 is 5.35. The van der Waals surface area contributed by atoms with Crippen LogP contribution in [0.4, 0.5) is 0 Å². The zero-order chi connectivity index (χ0) is 9.97. The van der Waals surface area contributed by atoms with Crippen molar-refractivity contribution < 1.29 is 4.74 Å². The fourth-order valence-electron chi connectivity index (χ4n) is 2.09. The van der Waals surface area contributed by atoms with Gasteiger partial charge >= 0.3 is 0 Å². The van der Waals surface area contributed by atoms with Gasteiger partial charge in [-0.2, -0.15) is 0 Å². The van der Waals surface area contributed by atoms with Crippen molar-refractivity contribution in [1.29, 1.82) is 0 Å². The highest BCUT2D eigenvalue weighted by molar-refractivity contribution is 5.39. The second-order valence-corrected chi connectivity index (χ2v) is 3.90. The molecule has 0 spiro atoms. The number of nitrogens with one attached hydrogen (secondary N) is 1. The molecule has 1 fully saturated rings. The van der Waals surface area contributed by atoms with Crippen LogP contribution in [0, 0.1) is 5.92 Å². The third-order valence-corrected chi connectivity index (χ3v) is 2.93. The zero-order valence-corrected chi connectivity index (χ0v) is 8.79. The molecule has 2 heteroatoms. The molecule has 2 atom stereocenters. The van der Waals surface area contributed by atoms with Crippen molar-refractivity contribution in [2.45, 2.75) is 12.3 Å². The molecule has 0 unspecified atom stereocenters. The Hall–Kier alpha value is -1.02. The van der Waals surface area contributed by atoms with Gasteiger partial charge in [-0.3, -0.25) is 0 Å². The van der Waals surface area contributed by atoms with Crippen molar-refractivity contribution in [2.24, 2.45) is 5.92 Å². The molecule has 76 valence electrons. The summed E-state index contributed by atoms with van der Waals surface area (Å²) in [5, 5.41) is 3.23. The van der Waals surface area contributed by atoms with Crippen LogP contribution in [0.1, 0.15) is 17.9 Å². The lowest BCUT2D eigenvalue weighted by Crippen LogP contribution is -2.10. The summed E-state index contributed by atoms with van der Waals surface area (Å²) in [5.41, 5.74) is 1.37. The molecule has 14 heavy (non-hydrogen) atoms. The van der Waals surface area contributed by atoms with Crippen LogP contribution in [0.15, 0.2) is 24.3 Å². The zero-order valence-electron chi connectivity index (χ0n) is 8.79. The van der Waals surface area contributed by atoms with Crippen LogP contribution < -0.4 is 10.1 Å². The van der Waals surface area contributed by atoms with Crippen molar-refractivity contribution in [2.75, 3.05) is 20.7 Å². The molecule has 0 amide bonds. The molecule has 0 saturated heterocycles. The van der Waals surface area contributed by atoms with E-state index in [2.05, 4.69) is 17.4 Å². The molecule has 0 heterocycles. The summed E-state index contributed by atoms with van der Waals surface area (Å²) in [6.07, 6.45) is 1.29. The second-order valence-electron chi connectivity index (χ2n) is 3.90. The first-order valence-corrected chi connectivity index (χ1v) is 5.14. The molecule has 2 rings (SSSR count). The number of rotatable bonds is 4. The maximum absolute atomic E-state index is 5.35. The van der Waals surface area contributed by atoms with Crippen LogP contribution in [0.25, 0.3) is 0 Å². The fourth-order valence-corrected chi connectivity index (χ4v) is 2.09. The van der Waals surface area contributed by atoms with Gasteiger partial charge in [0, 0.05) is 0 Å². The molecule has 0 aliphatic heterocycles. The Kier molecular flexibility index (Phi) is 2.73. The minimum Gasteiger partial charge on any atom is -0.496 e. The topological polar surface area (TPSA) is 21.3 Å². The smallest absolute Gasteiger partial charge is 0.122 e.